The van der Waals surface area contributed by atoms with E-state index in [1.807, 2.05) is 12.1 Å². The molecule has 0 heterocycles. The largest absolute Gasteiger partial charge is 0.491 e. The third kappa shape index (κ3) is 7.38. The van der Waals surface area contributed by atoms with Crippen LogP contribution < -0.4 is 9.47 Å². The van der Waals surface area contributed by atoms with E-state index < -0.39 is 0 Å². The SMILES string of the molecule is CC(C)(c1cccc(C(C)(C)c2ccc(OCCO)c(C(C)(C)c3ccccc3)c2)c1)c1ccc(OCCO)c(C(C)(C)c2ccccc2)c1. The lowest BCUT2D eigenvalue weighted by atomic mass is 9.70. The quantitative estimate of drug-likeness (QED) is 0.124. The minimum Gasteiger partial charge on any atom is -0.491 e. The molecule has 0 aliphatic rings. The highest BCUT2D eigenvalue weighted by Crippen LogP contribution is 2.44. The van der Waals surface area contributed by atoms with Gasteiger partial charge in [0, 0.05) is 32.8 Å². The predicted molar refractivity (Wildman–Crippen MR) is 206 cm³/mol. The van der Waals surface area contributed by atoms with Crippen LogP contribution in [0.5, 0.6) is 11.5 Å². The highest BCUT2D eigenvalue weighted by atomic mass is 16.5. The van der Waals surface area contributed by atoms with E-state index in [0.29, 0.717) is 0 Å². The normalized spacial score (nSPS) is 12.5. The first-order chi connectivity index (χ1) is 23.7. The van der Waals surface area contributed by atoms with Crippen molar-refractivity contribution < 1.29 is 19.7 Å². The molecule has 50 heavy (non-hydrogen) atoms. The Morgan fingerprint density at radius 2 is 0.720 bits per heavy atom. The predicted octanol–water partition coefficient (Wildman–Crippen LogP) is 9.73. The van der Waals surface area contributed by atoms with Gasteiger partial charge in [-0.15, -0.1) is 0 Å². The summed E-state index contributed by atoms with van der Waals surface area (Å²) in [6, 6.07) is 43.1. The summed E-state index contributed by atoms with van der Waals surface area (Å²) in [4.78, 5) is 0. The van der Waals surface area contributed by atoms with Crippen LogP contribution in [0.25, 0.3) is 0 Å². The van der Waals surface area contributed by atoms with Gasteiger partial charge in [0.15, 0.2) is 0 Å². The Bertz CT molecular complexity index is 1740. The number of ether oxygens (including phenoxy) is 2. The maximum atomic E-state index is 9.56. The second kappa shape index (κ2) is 14.8. The molecule has 0 aromatic heterocycles. The number of rotatable bonds is 14. The molecule has 2 N–H and O–H groups in total. The first-order valence-electron chi connectivity index (χ1n) is 17.7. The molecule has 0 amide bonds. The van der Waals surface area contributed by atoms with Crippen LogP contribution in [0, 0.1) is 0 Å². The summed E-state index contributed by atoms with van der Waals surface area (Å²) in [7, 11) is 0. The highest BCUT2D eigenvalue weighted by Gasteiger charge is 2.34. The van der Waals surface area contributed by atoms with E-state index in [-0.39, 0.29) is 48.1 Å². The molecule has 0 unspecified atom stereocenters. The lowest BCUT2D eigenvalue weighted by Crippen LogP contribution is -2.26. The summed E-state index contributed by atoms with van der Waals surface area (Å²) >= 11 is 0. The van der Waals surface area contributed by atoms with E-state index in [9.17, 15) is 10.2 Å². The van der Waals surface area contributed by atoms with E-state index in [4.69, 9.17) is 9.47 Å². The second-order valence-electron chi connectivity index (χ2n) is 15.4. The molecule has 0 spiro atoms. The fourth-order valence-corrected chi connectivity index (χ4v) is 7.03. The summed E-state index contributed by atoms with van der Waals surface area (Å²) in [5, 5.41) is 19.1. The number of hydrogen-bond acceptors (Lipinski definition) is 4. The van der Waals surface area contributed by atoms with Crippen molar-refractivity contribution in [2.24, 2.45) is 0 Å². The van der Waals surface area contributed by atoms with Crippen LogP contribution in [0.15, 0.2) is 121 Å². The molecule has 0 atom stereocenters. The molecule has 5 aromatic rings. The van der Waals surface area contributed by atoms with Crippen molar-refractivity contribution in [2.75, 3.05) is 26.4 Å². The van der Waals surface area contributed by atoms with Gasteiger partial charge in [0.2, 0.25) is 0 Å². The standard InChI is InChI=1S/C46H54O4/c1-43(2,37-22-24-41(49-28-26-47)39(31-37)45(5,6)33-16-11-9-12-17-33)35-20-15-21-36(30-35)44(3,4)38-23-25-42(50-29-27-48)40(32-38)46(7,8)34-18-13-10-14-19-34/h9-25,30-32,47-48H,26-29H2,1-8H3. The van der Waals surface area contributed by atoms with E-state index in [2.05, 4.69) is 165 Å². The maximum Gasteiger partial charge on any atom is 0.123 e. The minimum absolute atomic E-state index is 0.0370. The van der Waals surface area contributed by atoms with Gasteiger partial charge in [-0.1, -0.05) is 165 Å². The van der Waals surface area contributed by atoms with Gasteiger partial charge >= 0.3 is 0 Å². The van der Waals surface area contributed by atoms with Crippen molar-refractivity contribution in [1.29, 1.82) is 0 Å². The van der Waals surface area contributed by atoms with Gasteiger partial charge in [0.1, 0.15) is 24.7 Å². The molecule has 5 rings (SSSR count). The Morgan fingerprint density at radius 1 is 0.380 bits per heavy atom. The van der Waals surface area contributed by atoms with Crippen molar-refractivity contribution in [1.82, 2.24) is 0 Å². The molecule has 4 nitrogen and oxygen atoms in total. The van der Waals surface area contributed by atoms with Gasteiger partial charge in [-0.3, -0.25) is 0 Å². The molecule has 4 heteroatoms. The number of aliphatic hydroxyl groups excluding tert-OH is 2. The second-order valence-corrected chi connectivity index (χ2v) is 15.4. The number of hydrogen-bond donors (Lipinski definition) is 2. The summed E-state index contributed by atoms with van der Waals surface area (Å²) in [6.45, 7) is 18.5. The van der Waals surface area contributed by atoms with Crippen LogP contribution in [0.1, 0.15) is 99.9 Å². The zero-order chi connectivity index (χ0) is 36.2. The van der Waals surface area contributed by atoms with E-state index in [1.165, 1.54) is 33.4 Å². The van der Waals surface area contributed by atoms with Crippen molar-refractivity contribution in [3.63, 3.8) is 0 Å². The molecular formula is C46H54O4. The lowest BCUT2D eigenvalue weighted by Gasteiger charge is -2.34. The Labute approximate surface area is 299 Å². The molecule has 0 saturated heterocycles. The summed E-state index contributed by atoms with van der Waals surface area (Å²) in [5.74, 6) is 1.59. The van der Waals surface area contributed by atoms with Gasteiger partial charge in [-0.05, 0) is 45.5 Å². The molecular weight excluding hydrogens is 617 g/mol. The maximum absolute atomic E-state index is 9.56. The lowest BCUT2D eigenvalue weighted by molar-refractivity contribution is 0.199. The third-order valence-corrected chi connectivity index (χ3v) is 10.7. The van der Waals surface area contributed by atoms with Crippen molar-refractivity contribution in [3.8, 4) is 11.5 Å². The molecule has 262 valence electrons. The van der Waals surface area contributed by atoms with Gasteiger partial charge in [0.25, 0.3) is 0 Å². The number of aliphatic hydroxyl groups is 2. The van der Waals surface area contributed by atoms with Crippen LogP contribution in [0.2, 0.25) is 0 Å². The average Bonchev–Trinajstić information content (AvgIpc) is 3.13. The Hall–Kier alpha value is -4.38. The van der Waals surface area contributed by atoms with Crippen LogP contribution in [0.3, 0.4) is 0 Å². The Balaban J connectivity index is 1.56. The summed E-state index contributed by atoms with van der Waals surface area (Å²) in [6.07, 6.45) is 0. The molecule has 0 bridgehead atoms. The Morgan fingerprint density at radius 3 is 1.08 bits per heavy atom. The van der Waals surface area contributed by atoms with Gasteiger partial charge < -0.3 is 19.7 Å². The van der Waals surface area contributed by atoms with E-state index in [0.717, 1.165) is 22.6 Å². The average molecular weight is 671 g/mol. The van der Waals surface area contributed by atoms with Crippen molar-refractivity contribution in [2.45, 2.75) is 77.0 Å². The number of benzene rings is 5. The van der Waals surface area contributed by atoms with E-state index in [1.54, 1.807) is 0 Å². The fraction of sp³-hybridized carbons (Fsp3) is 0.348. The van der Waals surface area contributed by atoms with Gasteiger partial charge in [0.05, 0.1) is 13.2 Å². The van der Waals surface area contributed by atoms with Crippen molar-refractivity contribution in [3.05, 3.63) is 166 Å². The topological polar surface area (TPSA) is 58.9 Å². The first-order valence-corrected chi connectivity index (χ1v) is 17.7. The zero-order valence-electron chi connectivity index (χ0n) is 31.1. The minimum atomic E-state index is -0.319. The highest BCUT2D eigenvalue weighted by molar-refractivity contribution is 5.54. The van der Waals surface area contributed by atoms with Crippen LogP contribution >= 0.6 is 0 Å². The van der Waals surface area contributed by atoms with Gasteiger partial charge in [-0.2, -0.15) is 0 Å². The van der Waals surface area contributed by atoms with Crippen molar-refractivity contribution >= 4 is 0 Å². The molecule has 0 saturated carbocycles. The van der Waals surface area contributed by atoms with E-state index >= 15 is 0 Å². The molecule has 0 aliphatic heterocycles. The Kier molecular flexibility index (Phi) is 11.0. The molecule has 0 fully saturated rings. The summed E-state index contributed by atoms with van der Waals surface area (Å²) in [5.41, 5.74) is 8.17. The van der Waals surface area contributed by atoms with Crippen LogP contribution in [-0.4, -0.2) is 36.6 Å². The molecule has 5 aromatic carbocycles. The molecule has 0 radical (unpaired) electrons. The molecule has 0 aliphatic carbocycles. The zero-order valence-corrected chi connectivity index (χ0v) is 31.1. The summed E-state index contributed by atoms with van der Waals surface area (Å²) < 4.78 is 12.2. The third-order valence-electron chi connectivity index (χ3n) is 10.7. The van der Waals surface area contributed by atoms with Crippen LogP contribution in [0.4, 0.5) is 0 Å². The first kappa shape index (κ1) is 36.9. The fourth-order valence-electron chi connectivity index (χ4n) is 7.03. The van der Waals surface area contributed by atoms with Crippen LogP contribution in [-0.2, 0) is 21.7 Å². The monoisotopic (exact) mass is 670 g/mol. The van der Waals surface area contributed by atoms with Gasteiger partial charge in [-0.25, -0.2) is 0 Å². The smallest absolute Gasteiger partial charge is 0.123 e.